The summed E-state index contributed by atoms with van der Waals surface area (Å²) in [5.41, 5.74) is 9.90. The fourth-order valence-corrected chi connectivity index (χ4v) is 1.56. The molecule has 0 aliphatic rings. The molecular formula is C11H13N3. The van der Waals surface area contributed by atoms with Crippen LogP contribution in [0, 0.1) is 13.8 Å². The number of imidazole rings is 1. The number of aromatic nitrogens is 2. The molecule has 0 amide bonds. The Hall–Kier alpha value is -1.77. The number of hydrogen-bond donors (Lipinski definition) is 1. The van der Waals surface area contributed by atoms with Crippen LogP contribution in [0.4, 0.5) is 5.69 Å². The van der Waals surface area contributed by atoms with Crippen molar-refractivity contribution < 1.29 is 0 Å². The monoisotopic (exact) mass is 187 g/mol. The second kappa shape index (κ2) is 3.18. The van der Waals surface area contributed by atoms with Crippen LogP contribution in [0.3, 0.4) is 0 Å². The topological polar surface area (TPSA) is 43.8 Å². The summed E-state index contributed by atoms with van der Waals surface area (Å²) in [5, 5.41) is 0. The molecule has 1 heterocycles. The lowest BCUT2D eigenvalue weighted by molar-refractivity contribution is 0.992. The molecule has 0 saturated heterocycles. The average molecular weight is 187 g/mol. The normalized spacial score (nSPS) is 10.4. The van der Waals surface area contributed by atoms with Crippen LogP contribution in [-0.2, 0) is 0 Å². The highest BCUT2D eigenvalue weighted by atomic mass is 15.0. The Morgan fingerprint density at radius 1 is 1.29 bits per heavy atom. The summed E-state index contributed by atoms with van der Waals surface area (Å²) in [6, 6.07) is 5.88. The van der Waals surface area contributed by atoms with E-state index < -0.39 is 0 Å². The number of hydrogen-bond acceptors (Lipinski definition) is 2. The summed E-state index contributed by atoms with van der Waals surface area (Å²) < 4.78 is 2.05. The standard InChI is InChI=1S/C11H13N3/c1-8-5-10(12)3-4-11(8)14-7-13-6-9(14)2/h3-7H,12H2,1-2H3. The molecule has 0 radical (unpaired) electrons. The van der Waals surface area contributed by atoms with Gasteiger partial charge in [0.05, 0.1) is 6.33 Å². The fourth-order valence-electron chi connectivity index (χ4n) is 1.56. The third kappa shape index (κ3) is 1.37. The first-order valence-corrected chi connectivity index (χ1v) is 4.54. The van der Waals surface area contributed by atoms with Crippen molar-refractivity contribution >= 4 is 5.69 Å². The third-order valence-electron chi connectivity index (χ3n) is 2.30. The van der Waals surface area contributed by atoms with E-state index in [1.54, 1.807) is 0 Å². The minimum atomic E-state index is 0.795. The molecule has 1 aromatic carbocycles. The van der Waals surface area contributed by atoms with E-state index in [0.717, 1.165) is 22.6 Å². The van der Waals surface area contributed by atoms with Crippen LogP contribution in [0.2, 0.25) is 0 Å². The molecule has 0 unspecified atom stereocenters. The average Bonchev–Trinajstić information content (AvgIpc) is 2.52. The number of rotatable bonds is 1. The van der Waals surface area contributed by atoms with Crippen molar-refractivity contribution in [1.29, 1.82) is 0 Å². The molecule has 3 nitrogen and oxygen atoms in total. The van der Waals surface area contributed by atoms with E-state index in [0.29, 0.717) is 0 Å². The van der Waals surface area contributed by atoms with Gasteiger partial charge in [-0.1, -0.05) is 0 Å². The van der Waals surface area contributed by atoms with Crippen molar-refractivity contribution in [2.45, 2.75) is 13.8 Å². The first-order valence-electron chi connectivity index (χ1n) is 4.54. The Bertz CT molecular complexity index is 457. The summed E-state index contributed by atoms with van der Waals surface area (Å²) in [6.07, 6.45) is 3.66. The molecule has 0 bridgehead atoms. The maximum atomic E-state index is 5.69. The van der Waals surface area contributed by atoms with Crippen LogP contribution in [-0.4, -0.2) is 9.55 Å². The van der Waals surface area contributed by atoms with Crippen LogP contribution in [0.1, 0.15) is 11.3 Å². The van der Waals surface area contributed by atoms with Crippen LogP contribution in [0.5, 0.6) is 0 Å². The lowest BCUT2D eigenvalue weighted by Crippen LogP contribution is -1.98. The van der Waals surface area contributed by atoms with Gasteiger partial charge in [-0.05, 0) is 37.6 Å². The Labute approximate surface area is 83.2 Å². The second-order valence-electron chi connectivity index (χ2n) is 3.45. The van der Waals surface area contributed by atoms with Crippen LogP contribution >= 0.6 is 0 Å². The van der Waals surface area contributed by atoms with E-state index in [1.165, 1.54) is 0 Å². The molecule has 0 aliphatic heterocycles. The van der Waals surface area contributed by atoms with Crippen molar-refractivity contribution in [2.75, 3.05) is 5.73 Å². The molecule has 0 aliphatic carbocycles. The highest BCUT2D eigenvalue weighted by molar-refractivity contribution is 5.51. The van der Waals surface area contributed by atoms with Gasteiger partial charge in [-0.25, -0.2) is 4.98 Å². The quantitative estimate of drug-likeness (QED) is 0.694. The first-order chi connectivity index (χ1) is 6.68. The molecule has 2 aromatic rings. The van der Waals surface area contributed by atoms with Crippen LogP contribution < -0.4 is 5.73 Å². The number of nitrogens with zero attached hydrogens (tertiary/aromatic N) is 2. The molecule has 0 atom stereocenters. The summed E-state index contributed by atoms with van der Waals surface area (Å²) in [5.74, 6) is 0. The number of aryl methyl sites for hydroxylation is 2. The maximum absolute atomic E-state index is 5.69. The number of nitrogen functional groups attached to an aromatic ring is 1. The highest BCUT2D eigenvalue weighted by Crippen LogP contribution is 2.18. The highest BCUT2D eigenvalue weighted by Gasteiger charge is 2.03. The maximum Gasteiger partial charge on any atom is 0.0994 e. The van der Waals surface area contributed by atoms with Gasteiger partial charge >= 0.3 is 0 Å². The smallest absolute Gasteiger partial charge is 0.0994 e. The van der Waals surface area contributed by atoms with Crippen LogP contribution in [0.25, 0.3) is 5.69 Å². The van der Waals surface area contributed by atoms with Gasteiger partial charge < -0.3 is 10.3 Å². The van der Waals surface area contributed by atoms with E-state index in [4.69, 9.17) is 5.73 Å². The molecule has 3 heteroatoms. The molecule has 2 rings (SSSR count). The summed E-state index contributed by atoms with van der Waals surface area (Å²) in [4.78, 5) is 4.09. The summed E-state index contributed by atoms with van der Waals surface area (Å²) in [6.45, 7) is 4.08. The zero-order chi connectivity index (χ0) is 10.1. The zero-order valence-electron chi connectivity index (χ0n) is 8.36. The van der Waals surface area contributed by atoms with Crippen molar-refractivity contribution in [3.63, 3.8) is 0 Å². The SMILES string of the molecule is Cc1cc(N)ccc1-n1cncc1C. The molecule has 0 fully saturated rings. The number of anilines is 1. The van der Waals surface area contributed by atoms with Crippen LogP contribution in [0.15, 0.2) is 30.7 Å². The number of nitrogens with two attached hydrogens (primary N) is 1. The van der Waals surface area contributed by atoms with Gasteiger partial charge in [-0.15, -0.1) is 0 Å². The Morgan fingerprint density at radius 3 is 2.64 bits per heavy atom. The third-order valence-corrected chi connectivity index (χ3v) is 2.30. The summed E-state index contributed by atoms with van der Waals surface area (Å²) >= 11 is 0. The lowest BCUT2D eigenvalue weighted by Gasteiger charge is -2.09. The van der Waals surface area contributed by atoms with Gasteiger partial charge in [0.25, 0.3) is 0 Å². The van der Waals surface area contributed by atoms with E-state index in [-0.39, 0.29) is 0 Å². The Balaban J connectivity index is 2.58. The number of benzene rings is 1. The van der Waals surface area contributed by atoms with E-state index >= 15 is 0 Å². The van der Waals surface area contributed by atoms with E-state index in [2.05, 4.69) is 9.55 Å². The van der Waals surface area contributed by atoms with E-state index in [9.17, 15) is 0 Å². The zero-order valence-corrected chi connectivity index (χ0v) is 8.36. The lowest BCUT2D eigenvalue weighted by atomic mass is 10.2. The van der Waals surface area contributed by atoms with Crippen molar-refractivity contribution in [3.8, 4) is 5.69 Å². The minimum absolute atomic E-state index is 0.795. The minimum Gasteiger partial charge on any atom is -0.399 e. The van der Waals surface area contributed by atoms with Crippen molar-refractivity contribution in [1.82, 2.24) is 9.55 Å². The predicted molar refractivity (Wildman–Crippen MR) is 57.5 cm³/mol. The van der Waals surface area contributed by atoms with Crippen molar-refractivity contribution in [3.05, 3.63) is 42.0 Å². The van der Waals surface area contributed by atoms with Gasteiger partial charge in [-0.2, -0.15) is 0 Å². The Kier molecular flexibility index (Phi) is 2.00. The van der Waals surface area contributed by atoms with Gasteiger partial charge in [0.2, 0.25) is 0 Å². The van der Waals surface area contributed by atoms with Gasteiger partial charge in [0.15, 0.2) is 0 Å². The first kappa shape index (κ1) is 8.81. The predicted octanol–water partition coefficient (Wildman–Crippen LogP) is 2.07. The van der Waals surface area contributed by atoms with E-state index in [1.807, 2.05) is 44.6 Å². The van der Waals surface area contributed by atoms with Crippen molar-refractivity contribution in [2.24, 2.45) is 0 Å². The van der Waals surface area contributed by atoms with Gasteiger partial charge in [-0.3, -0.25) is 0 Å². The molecule has 2 N–H and O–H groups in total. The summed E-state index contributed by atoms with van der Waals surface area (Å²) in [7, 11) is 0. The molecule has 1 aromatic heterocycles. The molecule has 72 valence electrons. The Morgan fingerprint density at radius 2 is 2.07 bits per heavy atom. The molecular weight excluding hydrogens is 174 g/mol. The van der Waals surface area contributed by atoms with Gasteiger partial charge in [0, 0.05) is 23.3 Å². The molecule has 14 heavy (non-hydrogen) atoms. The largest absolute Gasteiger partial charge is 0.399 e. The molecule has 0 spiro atoms. The van der Waals surface area contributed by atoms with Gasteiger partial charge in [0.1, 0.15) is 0 Å². The second-order valence-corrected chi connectivity index (χ2v) is 3.45. The molecule has 0 saturated carbocycles. The fraction of sp³-hybridized carbons (Fsp3) is 0.182.